The van der Waals surface area contributed by atoms with Crippen molar-refractivity contribution < 1.29 is 19.1 Å². The lowest BCUT2D eigenvalue weighted by atomic mass is 10.1. The number of piperidine rings is 1. The molecular weight excluding hydrogens is 487 g/mol. The Balaban J connectivity index is 1.38. The van der Waals surface area contributed by atoms with Gasteiger partial charge in [0.05, 0.1) is 32.1 Å². The quantitative estimate of drug-likeness (QED) is 0.233. The lowest BCUT2D eigenvalue weighted by molar-refractivity contribution is 0.122. The molecule has 4 heterocycles. The normalized spacial score (nSPS) is 17.9. The molecule has 0 aliphatic carbocycles. The van der Waals surface area contributed by atoms with Gasteiger partial charge in [-0.1, -0.05) is 5.21 Å². The van der Waals surface area contributed by atoms with Crippen LogP contribution in [0.2, 0.25) is 0 Å². The fourth-order valence-electron chi connectivity index (χ4n) is 4.28. The van der Waals surface area contributed by atoms with Crippen molar-refractivity contribution >= 4 is 25.2 Å². The first-order valence-corrected chi connectivity index (χ1v) is 14.3. The number of aromatic nitrogens is 5. The van der Waals surface area contributed by atoms with E-state index in [0.29, 0.717) is 38.8 Å². The maximum Gasteiger partial charge on any atom is 0.326 e. The van der Waals surface area contributed by atoms with E-state index in [1.165, 1.54) is 0 Å². The van der Waals surface area contributed by atoms with Crippen LogP contribution in [0.3, 0.4) is 0 Å². The highest BCUT2D eigenvalue weighted by Gasteiger charge is 2.23. The number of ether oxygens (including phenoxy) is 1. The van der Waals surface area contributed by atoms with Crippen molar-refractivity contribution in [2.75, 3.05) is 74.2 Å². The van der Waals surface area contributed by atoms with E-state index in [9.17, 15) is 4.57 Å². The summed E-state index contributed by atoms with van der Waals surface area (Å²) in [6.07, 6.45) is 4.38. The minimum Gasteiger partial charge on any atom is -0.378 e. The van der Waals surface area contributed by atoms with Gasteiger partial charge in [-0.15, -0.1) is 5.10 Å². The molecule has 0 saturated carbocycles. The summed E-state index contributed by atoms with van der Waals surface area (Å²) in [7, 11) is -3.97. The number of morpholine rings is 1. The molecule has 200 valence electrons. The zero-order valence-electron chi connectivity index (χ0n) is 20.5. The second-order valence-electron chi connectivity index (χ2n) is 9.15. The van der Waals surface area contributed by atoms with E-state index in [2.05, 4.69) is 30.7 Å². The lowest BCUT2D eigenvalue weighted by Crippen LogP contribution is -2.40. The fourth-order valence-corrected chi connectivity index (χ4v) is 4.82. The molecule has 0 bridgehead atoms. The van der Waals surface area contributed by atoms with Crippen molar-refractivity contribution in [1.82, 2.24) is 29.9 Å². The molecule has 36 heavy (non-hydrogen) atoms. The van der Waals surface area contributed by atoms with Gasteiger partial charge in [0.15, 0.2) is 0 Å². The van der Waals surface area contributed by atoms with Gasteiger partial charge in [0.25, 0.3) is 0 Å². The average molecular weight is 525 g/mol. The molecule has 2 fully saturated rings. The van der Waals surface area contributed by atoms with Gasteiger partial charge in [0.1, 0.15) is 17.3 Å². The van der Waals surface area contributed by atoms with Crippen molar-refractivity contribution in [2.45, 2.75) is 38.4 Å². The maximum atomic E-state index is 11.2. The molecule has 2 aromatic heterocycles. The van der Waals surface area contributed by atoms with Crippen molar-refractivity contribution in [3.8, 4) is 0 Å². The Hall–Kier alpha value is -2.35. The Labute approximate surface area is 210 Å². The van der Waals surface area contributed by atoms with E-state index in [1.54, 1.807) is 4.68 Å². The molecule has 15 heteroatoms. The summed E-state index contributed by atoms with van der Waals surface area (Å²) in [6.45, 7) is 6.63. The molecule has 0 radical (unpaired) electrons. The number of likely N-dealkylation sites (tertiary alicyclic amines) is 1. The molecule has 14 nitrogen and oxygen atoms in total. The molecule has 0 aromatic carbocycles. The number of hydrogen-bond donors (Lipinski definition) is 5. The number of hydrogen-bond acceptors (Lipinski definition) is 11. The summed E-state index contributed by atoms with van der Waals surface area (Å²) in [5.41, 5.74) is 6.37. The zero-order chi connectivity index (χ0) is 25.4. The SMILES string of the molecule is NCCCn1cc(CNc2nc(NC3CCN(CCP(=O)(O)O)CC3)cc(N3CCOCC3)n2)nn1. The van der Waals surface area contributed by atoms with Crippen LogP contribution in [-0.2, 0) is 22.4 Å². The number of aryl methyl sites for hydroxylation is 1. The smallest absolute Gasteiger partial charge is 0.326 e. The van der Waals surface area contributed by atoms with Gasteiger partial charge in [-0.2, -0.15) is 9.97 Å². The predicted octanol–water partition coefficient (Wildman–Crippen LogP) is -0.0804. The van der Waals surface area contributed by atoms with E-state index in [0.717, 1.165) is 69.3 Å². The highest BCUT2D eigenvalue weighted by Crippen LogP contribution is 2.34. The molecule has 2 saturated heterocycles. The number of anilines is 3. The van der Waals surface area contributed by atoms with Gasteiger partial charge in [-0.25, -0.2) is 0 Å². The van der Waals surface area contributed by atoms with Crippen LogP contribution in [0.25, 0.3) is 0 Å². The number of rotatable bonds is 12. The third kappa shape index (κ3) is 8.36. The summed E-state index contributed by atoms with van der Waals surface area (Å²) < 4.78 is 18.5. The Morgan fingerprint density at radius 1 is 1.14 bits per heavy atom. The number of nitrogens with zero attached hydrogens (tertiary/aromatic N) is 7. The molecule has 0 spiro atoms. The van der Waals surface area contributed by atoms with Crippen LogP contribution in [0.4, 0.5) is 17.6 Å². The number of nitrogens with two attached hydrogens (primary N) is 1. The Morgan fingerprint density at radius 2 is 1.92 bits per heavy atom. The molecule has 4 rings (SSSR count). The molecule has 0 amide bonds. The first-order chi connectivity index (χ1) is 17.4. The van der Waals surface area contributed by atoms with Gasteiger partial charge in [0.2, 0.25) is 5.95 Å². The van der Waals surface area contributed by atoms with Crippen molar-refractivity contribution in [3.05, 3.63) is 18.0 Å². The highest BCUT2D eigenvalue weighted by molar-refractivity contribution is 7.51. The van der Waals surface area contributed by atoms with Crippen molar-refractivity contribution in [1.29, 1.82) is 0 Å². The molecule has 2 aromatic rings. The second-order valence-corrected chi connectivity index (χ2v) is 10.9. The van der Waals surface area contributed by atoms with Crippen LogP contribution in [0.5, 0.6) is 0 Å². The van der Waals surface area contributed by atoms with E-state index in [-0.39, 0.29) is 12.2 Å². The summed E-state index contributed by atoms with van der Waals surface area (Å²) in [5.74, 6) is 2.09. The zero-order valence-corrected chi connectivity index (χ0v) is 21.4. The van der Waals surface area contributed by atoms with E-state index in [1.807, 2.05) is 12.3 Å². The van der Waals surface area contributed by atoms with Crippen LogP contribution in [-0.4, -0.2) is 104 Å². The molecule has 0 unspecified atom stereocenters. The van der Waals surface area contributed by atoms with Gasteiger partial charge in [-0.05, 0) is 25.8 Å². The average Bonchev–Trinajstić information content (AvgIpc) is 3.33. The van der Waals surface area contributed by atoms with E-state index in [4.69, 9.17) is 30.2 Å². The largest absolute Gasteiger partial charge is 0.378 e. The summed E-state index contributed by atoms with van der Waals surface area (Å²) in [4.78, 5) is 32.0. The van der Waals surface area contributed by atoms with Crippen LogP contribution in [0.15, 0.2) is 12.3 Å². The summed E-state index contributed by atoms with van der Waals surface area (Å²) in [5, 5.41) is 15.2. The van der Waals surface area contributed by atoms with Crippen LogP contribution < -0.4 is 21.3 Å². The van der Waals surface area contributed by atoms with Crippen molar-refractivity contribution in [3.63, 3.8) is 0 Å². The highest BCUT2D eigenvalue weighted by atomic mass is 31.2. The standard InChI is InChI=1S/C21H37N10O4P/c22-4-1-5-31-16-18(27-28-31)15-23-21-25-19(14-20(26-21)30-8-11-35-12-9-30)24-17-2-6-29(7-3-17)10-13-36(32,33)34/h14,16-17H,1-13,15,22H2,(H2,32,33,34)(H2,23,24,25,26). The van der Waals surface area contributed by atoms with Gasteiger partial charge < -0.3 is 40.7 Å². The molecule has 2 aliphatic rings. The Kier molecular flexibility index (Phi) is 9.46. The van der Waals surface area contributed by atoms with Gasteiger partial charge in [0, 0.05) is 51.4 Å². The van der Waals surface area contributed by atoms with E-state index >= 15 is 0 Å². The second kappa shape index (κ2) is 12.7. The van der Waals surface area contributed by atoms with Crippen LogP contribution >= 0.6 is 7.60 Å². The Morgan fingerprint density at radius 3 is 2.64 bits per heavy atom. The summed E-state index contributed by atoms with van der Waals surface area (Å²) in [6, 6.07) is 2.19. The predicted molar refractivity (Wildman–Crippen MR) is 136 cm³/mol. The topological polar surface area (TPSA) is 180 Å². The first-order valence-electron chi connectivity index (χ1n) is 12.5. The minimum atomic E-state index is -3.97. The maximum absolute atomic E-state index is 11.2. The first kappa shape index (κ1) is 26.7. The Bertz CT molecular complexity index is 1000. The molecular formula is C21H37N10O4P. The van der Waals surface area contributed by atoms with Gasteiger partial charge >= 0.3 is 7.60 Å². The van der Waals surface area contributed by atoms with Gasteiger partial charge in [-0.3, -0.25) is 9.25 Å². The monoisotopic (exact) mass is 524 g/mol. The number of nitrogens with one attached hydrogen (secondary N) is 2. The van der Waals surface area contributed by atoms with Crippen LogP contribution in [0.1, 0.15) is 25.0 Å². The lowest BCUT2D eigenvalue weighted by Gasteiger charge is -2.33. The molecule has 6 N–H and O–H groups in total. The van der Waals surface area contributed by atoms with E-state index < -0.39 is 7.60 Å². The fraction of sp³-hybridized carbons (Fsp3) is 0.714. The molecule has 2 aliphatic heterocycles. The summed E-state index contributed by atoms with van der Waals surface area (Å²) >= 11 is 0. The minimum absolute atomic E-state index is 0.101. The third-order valence-electron chi connectivity index (χ3n) is 6.30. The van der Waals surface area contributed by atoms with Crippen LogP contribution in [0, 0.1) is 0 Å². The van der Waals surface area contributed by atoms with Crippen molar-refractivity contribution in [2.24, 2.45) is 5.73 Å². The molecule has 0 atom stereocenters. The third-order valence-corrected chi connectivity index (χ3v) is 7.08.